The number of esters is 2. The molecule has 0 spiro atoms. The van der Waals surface area contributed by atoms with E-state index in [-0.39, 0.29) is 19.6 Å². The second-order valence-electron chi connectivity index (χ2n) is 4.91. The number of hydrogen-bond acceptors (Lipinski definition) is 5. The van der Waals surface area contributed by atoms with Gasteiger partial charge in [-0.15, -0.1) is 0 Å². The summed E-state index contributed by atoms with van der Waals surface area (Å²) in [6.07, 6.45) is 1.79. The molecule has 1 fully saturated rings. The zero-order chi connectivity index (χ0) is 13.8. The minimum absolute atomic E-state index is 0.181. The van der Waals surface area contributed by atoms with Crippen LogP contribution in [0.1, 0.15) is 46.5 Å². The maximum absolute atomic E-state index is 12.0. The first-order valence-electron chi connectivity index (χ1n) is 6.45. The van der Waals surface area contributed by atoms with E-state index < -0.39 is 23.0 Å². The fourth-order valence-corrected chi connectivity index (χ4v) is 2.42. The summed E-state index contributed by atoms with van der Waals surface area (Å²) >= 11 is 0. The summed E-state index contributed by atoms with van der Waals surface area (Å²) < 4.78 is 9.86. The lowest BCUT2D eigenvalue weighted by Gasteiger charge is -2.48. The van der Waals surface area contributed by atoms with Crippen LogP contribution in [0.25, 0.3) is 0 Å². The maximum Gasteiger partial charge on any atom is 0.315 e. The molecule has 0 aromatic heterocycles. The minimum atomic E-state index is -1.41. The van der Waals surface area contributed by atoms with E-state index in [0.717, 1.165) is 6.42 Å². The van der Waals surface area contributed by atoms with Gasteiger partial charge >= 0.3 is 11.9 Å². The van der Waals surface area contributed by atoms with Crippen molar-refractivity contribution in [1.29, 1.82) is 0 Å². The molecule has 1 aliphatic carbocycles. The Labute approximate surface area is 107 Å². The van der Waals surface area contributed by atoms with E-state index >= 15 is 0 Å². The molecular weight excluding hydrogens is 236 g/mol. The molecule has 1 unspecified atom stereocenters. The summed E-state index contributed by atoms with van der Waals surface area (Å²) in [5, 5.41) is 10.5. The standard InChI is InChI=1S/C13H22O5/c1-4-17-10(14)9-12(3,16)13(7-6-8-13)11(15)18-5-2/h16H,4-9H2,1-3H3. The summed E-state index contributed by atoms with van der Waals surface area (Å²) in [5.74, 6) is -0.899. The Balaban J connectivity index is 2.79. The monoisotopic (exact) mass is 258 g/mol. The third kappa shape index (κ3) is 2.66. The van der Waals surface area contributed by atoms with Crippen LogP contribution in [-0.4, -0.2) is 35.9 Å². The van der Waals surface area contributed by atoms with Gasteiger partial charge in [-0.3, -0.25) is 9.59 Å². The Bertz CT molecular complexity index is 317. The molecule has 0 heterocycles. The van der Waals surface area contributed by atoms with E-state index in [1.165, 1.54) is 6.92 Å². The molecule has 0 aliphatic heterocycles. The van der Waals surface area contributed by atoms with Crippen molar-refractivity contribution in [3.63, 3.8) is 0 Å². The van der Waals surface area contributed by atoms with E-state index in [0.29, 0.717) is 12.8 Å². The van der Waals surface area contributed by atoms with Crippen LogP contribution in [0.3, 0.4) is 0 Å². The number of ether oxygens (including phenoxy) is 2. The lowest BCUT2D eigenvalue weighted by atomic mass is 9.58. The Kier molecular flexibility index (Phi) is 4.73. The van der Waals surface area contributed by atoms with Gasteiger partial charge in [0, 0.05) is 0 Å². The van der Waals surface area contributed by atoms with Crippen LogP contribution >= 0.6 is 0 Å². The molecule has 18 heavy (non-hydrogen) atoms. The Morgan fingerprint density at radius 1 is 1.22 bits per heavy atom. The summed E-state index contributed by atoms with van der Waals surface area (Å²) in [7, 11) is 0. The fraction of sp³-hybridized carbons (Fsp3) is 0.846. The van der Waals surface area contributed by atoms with Crippen molar-refractivity contribution in [2.24, 2.45) is 5.41 Å². The van der Waals surface area contributed by atoms with E-state index in [2.05, 4.69) is 0 Å². The molecule has 0 aromatic rings. The molecule has 5 heteroatoms. The summed E-state index contributed by atoms with van der Waals surface area (Å²) in [6.45, 7) is 5.48. The predicted octanol–water partition coefficient (Wildman–Crippen LogP) is 1.42. The van der Waals surface area contributed by atoms with Crippen molar-refractivity contribution >= 4 is 11.9 Å². The Hall–Kier alpha value is -1.10. The molecule has 5 nitrogen and oxygen atoms in total. The number of carbonyl (C=O) groups is 2. The van der Waals surface area contributed by atoms with E-state index in [4.69, 9.17) is 9.47 Å². The third-order valence-corrected chi connectivity index (χ3v) is 3.70. The molecule has 104 valence electrons. The summed E-state index contributed by atoms with van der Waals surface area (Å²) in [4.78, 5) is 23.5. The van der Waals surface area contributed by atoms with Crippen LogP contribution in [0, 0.1) is 5.41 Å². The van der Waals surface area contributed by atoms with Crippen LogP contribution in [0.2, 0.25) is 0 Å². The van der Waals surface area contributed by atoms with Crippen molar-refractivity contribution in [3.8, 4) is 0 Å². The second-order valence-corrected chi connectivity index (χ2v) is 4.91. The largest absolute Gasteiger partial charge is 0.466 e. The van der Waals surface area contributed by atoms with Gasteiger partial charge in [0.2, 0.25) is 0 Å². The second kappa shape index (κ2) is 5.69. The molecule has 0 aromatic carbocycles. The first kappa shape index (κ1) is 15.0. The van der Waals surface area contributed by atoms with Gasteiger partial charge in [0.25, 0.3) is 0 Å². The van der Waals surface area contributed by atoms with E-state index in [9.17, 15) is 14.7 Å². The SMILES string of the molecule is CCOC(=O)CC(C)(O)C1(C(=O)OCC)CCC1. The zero-order valence-corrected chi connectivity index (χ0v) is 11.3. The van der Waals surface area contributed by atoms with Crippen LogP contribution < -0.4 is 0 Å². The van der Waals surface area contributed by atoms with Crippen molar-refractivity contribution in [2.75, 3.05) is 13.2 Å². The van der Waals surface area contributed by atoms with E-state index in [1.54, 1.807) is 13.8 Å². The van der Waals surface area contributed by atoms with Gasteiger partial charge in [0.1, 0.15) is 0 Å². The van der Waals surface area contributed by atoms with Gasteiger partial charge in [0.15, 0.2) is 0 Å². The highest BCUT2D eigenvalue weighted by atomic mass is 16.5. The Morgan fingerprint density at radius 3 is 2.17 bits per heavy atom. The molecule has 1 aliphatic rings. The Morgan fingerprint density at radius 2 is 1.78 bits per heavy atom. The highest BCUT2D eigenvalue weighted by molar-refractivity contribution is 5.81. The van der Waals surface area contributed by atoms with Crippen molar-refractivity contribution in [2.45, 2.75) is 52.1 Å². The quantitative estimate of drug-likeness (QED) is 0.729. The molecule has 0 amide bonds. The average Bonchev–Trinajstić information content (AvgIpc) is 2.14. The van der Waals surface area contributed by atoms with Crippen LogP contribution in [0.15, 0.2) is 0 Å². The number of hydrogen-bond donors (Lipinski definition) is 1. The average molecular weight is 258 g/mol. The van der Waals surface area contributed by atoms with Crippen molar-refractivity contribution in [3.05, 3.63) is 0 Å². The van der Waals surface area contributed by atoms with Crippen LogP contribution in [0.5, 0.6) is 0 Å². The number of rotatable bonds is 6. The first-order chi connectivity index (χ1) is 8.39. The molecular formula is C13H22O5. The smallest absolute Gasteiger partial charge is 0.315 e. The van der Waals surface area contributed by atoms with Gasteiger partial charge in [0.05, 0.1) is 30.7 Å². The van der Waals surface area contributed by atoms with Gasteiger partial charge < -0.3 is 14.6 Å². The fourth-order valence-electron chi connectivity index (χ4n) is 2.42. The van der Waals surface area contributed by atoms with Gasteiger partial charge in [-0.25, -0.2) is 0 Å². The molecule has 1 atom stereocenters. The summed E-state index contributed by atoms with van der Waals surface area (Å²) in [5.41, 5.74) is -2.36. The maximum atomic E-state index is 12.0. The molecule has 0 radical (unpaired) electrons. The van der Waals surface area contributed by atoms with E-state index in [1.807, 2.05) is 0 Å². The third-order valence-electron chi connectivity index (χ3n) is 3.70. The van der Waals surface area contributed by atoms with Crippen LogP contribution in [-0.2, 0) is 19.1 Å². The van der Waals surface area contributed by atoms with Gasteiger partial charge in [-0.1, -0.05) is 6.42 Å². The zero-order valence-electron chi connectivity index (χ0n) is 11.3. The van der Waals surface area contributed by atoms with Crippen molar-refractivity contribution < 1.29 is 24.2 Å². The van der Waals surface area contributed by atoms with Crippen molar-refractivity contribution in [1.82, 2.24) is 0 Å². The molecule has 0 bridgehead atoms. The van der Waals surface area contributed by atoms with Crippen LogP contribution in [0.4, 0.5) is 0 Å². The van der Waals surface area contributed by atoms with Gasteiger partial charge in [-0.05, 0) is 33.6 Å². The normalized spacial score (nSPS) is 20.4. The first-order valence-corrected chi connectivity index (χ1v) is 6.45. The number of aliphatic hydroxyl groups is 1. The lowest BCUT2D eigenvalue weighted by Crippen LogP contribution is -2.57. The molecule has 1 saturated carbocycles. The highest BCUT2D eigenvalue weighted by Gasteiger charge is 2.58. The highest BCUT2D eigenvalue weighted by Crippen LogP contribution is 2.51. The van der Waals surface area contributed by atoms with Gasteiger partial charge in [-0.2, -0.15) is 0 Å². The molecule has 1 rings (SSSR count). The lowest BCUT2D eigenvalue weighted by molar-refractivity contribution is -0.191. The molecule has 1 N–H and O–H groups in total. The molecule has 0 saturated heterocycles. The summed E-state index contributed by atoms with van der Waals surface area (Å²) in [6, 6.07) is 0. The topological polar surface area (TPSA) is 72.8 Å². The predicted molar refractivity (Wildman–Crippen MR) is 64.8 cm³/mol. The minimum Gasteiger partial charge on any atom is -0.466 e. The number of carbonyl (C=O) groups excluding carboxylic acids is 2.